The molecule has 3 rings (SSSR count). The summed E-state index contributed by atoms with van der Waals surface area (Å²) in [7, 11) is -3.32. The van der Waals surface area contributed by atoms with E-state index in [-0.39, 0.29) is 6.61 Å². The Bertz CT molecular complexity index is 882. The topological polar surface area (TPSA) is 98.8 Å². The van der Waals surface area contributed by atoms with Gasteiger partial charge in [-0.05, 0) is 19.4 Å². The highest BCUT2D eigenvalue weighted by atomic mass is 32.2. The Hall–Kier alpha value is -1.32. The van der Waals surface area contributed by atoms with Gasteiger partial charge >= 0.3 is 15.6 Å². The SMILES string of the molecule is COC1(C)OC2C(OS(=O)(=O)C(F)(F)F)COC(OCc3ccccc3)C2OC1(C)OC. The van der Waals surface area contributed by atoms with E-state index in [0.717, 1.165) is 5.56 Å². The van der Waals surface area contributed by atoms with Crippen molar-refractivity contribution in [1.29, 1.82) is 0 Å². The predicted octanol–water partition coefficient (Wildman–Crippen LogP) is 2.30. The van der Waals surface area contributed by atoms with Crippen LogP contribution in [0.2, 0.25) is 0 Å². The number of ether oxygens (including phenoxy) is 6. The molecule has 32 heavy (non-hydrogen) atoms. The van der Waals surface area contributed by atoms with E-state index in [1.807, 2.05) is 18.2 Å². The maximum Gasteiger partial charge on any atom is 0.523 e. The van der Waals surface area contributed by atoms with Crippen molar-refractivity contribution in [3.05, 3.63) is 35.9 Å². The second-order valence-electron chi connectivity index (χ2n) is 7.50. The van der Waals surface area contributed by atoms with Gasteiger partial charge in [-0.15, -0.1) is 0 Å². The van der Waals surface area contributed by atoms with Gasteiger partial charge in [-0.3, -0.25) is 4.18 Å². The smallest absolute Gasteiger partial charge is 0.349 e. The quantitative estimate of drug-likeness (QED) is 0.425. The molecule has 0 radical (unpaired) electrons. The molecule has 2 fully saturated rings. The van der Waals surface area contributed by atoms with E-state index in [1.54, 1.807) is 12.1 Å². The van der Waals surface area contributed by atoms with Gasteiger partial charge in [0.1, 0.15) is 18.3 Å². The van der Waals surface area contributed by atoms with Gasteiger partial charge in [0.15, 0.2) is 6.29 Å². The molecular formula is C19H25F3O9S. The van der Waals surface area contributed by atoms with Crippen molar-refractivity contribution in [3.8, 4) is 0 Å². The number of hydrogen-bond donors (Lipinski definition) is 0. The largest absolute Gasteiger partial charge is 0.523 e. The normalized spacial score (nSPS) is 36.0. The molecule has 0 aliphatic carbocycles. The van der Waals surface area contributed by atoms with E-state index in [2.05, 4.69) is 4.18 Å². The molecule has 1 aromatic carbocycles. The van der Waals surface area contributed by atoms with Crippen LogP contribution in [-0.4, -0.2) is 70.9 Å². The highest BCUT2D eigenvalue weighted by Crippen LogP contribution is 2.44. The molecule has 2 aliphatic heterocycles. The van der Waals surface area contributed by atoms with Crippen LogP contribution in [0.3, 0.4) is 0 Å². The fourth-order valence-electron chi connectivity index (χ4n) is 3.41. The molecule has 0 N–H and O–H groups in total. The number of hydrogen-bond acceptors (Lipinski definition) is 9. The fourth-order valence-corrected chi connectivity index (χ4v) is 4.01. The molecule has 2 saturated heterocycles. The van der Waals surface area contributed by atoms with Crippen molar-refractivity contribution in [2.45, 2.75) is 62.1 Å². The van der Waals surface area contributed by atoms with Gasteiger partial charge in [-0.1, -0.05) is 30.3 Å². The first-order valence-electron chi connectivity index (χ1n) is 9.58. The molecule has 0 saturated carbocycles. The van der Waals surface area contributed by atoms with Gasteiger partial charge in [0, 0.05) is 14.2 Å². The maximum absolute atomic E-state index is 12.9. The summed E-state index contributed by atoms with van der Waals surface area (Å²) < 4.78 is 100. The Morgan fingerprint density at radius 2 is 1.59 bits per heavy atom. The molecule has 2 heterocycles. The Morgan fingerprint density at radius 3 is 2.12 bits per heavy atom. The van der Waals surface area contributed by atoms with Crippen molar-refractivity contribution in [2.75, 3.05) is 20.8 Å². The van der Waals surface area contributed by atoms with Gasteiger partial charge in [0.2, 0.25) is 11.6 Å². The number of halogens is 3. The van der Waals surface area contributed by atoms with Gasteiger partial charge in [-0.2, -0.15) is 21.6 Å². The fraction of sp³-hybridized carbons (Fsp3) is 0.684. The third-order valence-corrected chi connectivity index (χ3v) is 6.57. The number of alkyl halides is 3. The summed E-state index contributed by atoms with van der Waals surface area (Å²) in [4.78, 5) is 0. The van der Waals surface area contributed by atoms with Crippen molar-refractivity contribution in [1.82, 2.24) is 0 Å². The monoisotopic (exact) mass is 486 g/mol. The summed E-state index contributed by atoms with van der Waals surface area (Å²) >= 11 is 0. The maximum atomic E-state index is 12.9. The standard InChI is InChI=1S/C19H25F3O9S/c1-17(25-3)18(2,26-4)30-15-14(29-17)13(31-32(23,24)19(20,21)22)11-28-16(15)27-10-12-8-6-5-7-9-12/h5-9,13-16H,10-11H2,1-4H3. The van der Waals surface area contributed by atoms with E-state index in [4.69, 9.17) is 28.4 Å². The molecule has 0 spiro atoms. The molecule has 182 valence electrons. The first-order valence-corrected chi connectivity index (χ1v) is 11.0. The van der Waals surface area contributed by atoms with E-state index in [0.29, 0.717) is 0 Å². The van der Waals surface area contributed by atoms with Crippen LogP contribution < -0.4 is 0 Å². The third kappa shape index (κ3) is 4.80. The Balaban J connectivity index is 1.88. The van der Waals surface area contributed by atoms with Crippen LogP contribution in [0, 0.1) is 0 Å². The Morgan fingerprint density at radius 1 is 1.03 bits per heavy atom. The number of benzene rings is 1. The molecular weight excluding hydrogens is 461 g/mol. The predicted molar refractivity (Wildman–Crippen MR) is 101 cm³/mol. The zero-order chi connectivity index (χ0) is 23.8. The van der Waals surface area contributed by atoms with Gasteiger partial charge < -0.3 is 28.4 Å². The second-order valence-corrected chi connectivity index (χ2v) is 9.06. The molecule has 2 aliphatic rings. The molecule has 13 heteroatoms. The van der Waals surface area contributed by atoms with Crippen LogP contribution in [0.15, 0.2) is 30.3 Å². The summed E-state index contributed by atoms with van der Waals surface area (Å²) in [5, 5.41) is 0. The van der Waals surface area contributed by atoms with Crippen LogP contribution in [0.4, 0.5) is 13.2 Å². The number of fused-ring (bicyclic) bond motifs is 1. The first kappa shape index (κ1) is 25.3. The highest BCUT2D eigenvalue weighted by molar-refractivity contribution is 7.87. The second kappa shape index (κ2) is 9.14. The summed E-state index contributed by atoms with van der Waals surface area (Å²) in [6.45, 7) is 2.47. The van der Waals surface area contributed by atoms with Crippen LogP contribution in [0.25, 0.3) is 0 Å². The van der Waals surface area contributed by atoms with Gasteiger partial charge in [-0.25, -0.2) is 0 Å². The minimum atomic E-state index is -5.93. The van der Waals surface area contributed by atoms with Crippen LogP contribution in [0.1, 0.15) is 19.4 Å². The van der Waals surface area contributed by atoms with Crippen LogP contribution >= 0.6 is 0 Å². The van der Waals surface area contributed by atoms with Crippen molar-refractivity contribution in [3.63, 3.8) is 0 Å². The highest BCUT2D eigenvalue weighted by Gasteiger charge is 2.63. The molecule has 0 amide bonds. The van der Waals surface area contributed by atoms with Crippen molar-refractivity contribution < 1.29 is 54.2 Å². The first-order chi connectivity index (χ1) is 14.9. The van der Waals surface area contributed by atoms with E-state index in [9.17, 15) is 21.6 Å². The van der Waals surface area contributed by atoms with Gasteiger partial charge in [0.05, 0.1) is 13.2 Å². The van der Waals surface area contributed by atoms with E-state index < -0.39 is 58.4 Å². The molecule has 0 bridgehead atoms. The van der Waals surface area contributed by atoms with Crippen LogP contribution in [0.5, 0.6) is 0 Å². The van der Waals surface area contributed by atoms with Crippen molar-refractivity contribution >= 4 is 10.1 Å². The number of methoxy groups -OCH3 is 2. The Labute approximate surface area is 183 Å². The average Bonchev–Trinajstić information content (AvgIpc) is 2.74. The molecule has 6 atom stereocenters. The minimum absolute atomic E-state index is 0.0930. The lowest BCUT2D eigenvalue weighted by Crippen LogP contribution is -2.71. The zero-order valence-electron chi connectivity index (χ0n) is 17.8. The lowest BCUT2D eigenvalue weighted by molar-refractivity contribution is -0.478. The number of rotatable bonds is 7. The summed E-state index contributed by atoms with van der Waals surface area (Å²) in [5.74, 6) is -3.15. The molecule has 6 unspecified atom stereocenters. The Kier molecular flexibility index (Phi) is 7.23. The lowest BCUT2D eigenvalue weighted by atomic mass is 9.98. The van der Waals surface area contributed by atoms with Crippen LogP contribution in [-0.2, 0) is 49.3 Å². The third-order valence-electron chi connectivity index (χ3n) is 5.50. The molecule has 0 aromatic heterocycles. The van der Waals surface area contributed by atoms with Gasteiger partial charge in [0.25, 0.3) is 0 Å². The van der Waals surface area contributed by atoms with Crippen molar-refractivity contribution in [2.24, 2.45) is 0 Å². The minimum Gasteiger partial charge on any atom is -0.349 e. The summed E-state index contributed by atoms with van der Waals surface area (Å²) in [6.07, 6.45) is -5.35. The average molecular weight is 486 g/mol. The summed E-state index contributed by atoms with van der Waals surface area (Å²) in [5.41, 5.74) is -4.82. The zero-order valence-corrected chi connectivity index (χ0v) is 18.6. The molecule has 1 aromatic rings. The van der Waals surface area contributed by atoms with E-state index >= 15 is 0 Å². The molecule has 9 nitrogen and oxygen atoms in total. The lowest BCUT2D eigenvalue weighted by Gasteiger charge is -2.55. The summed E-state index contributed by atoms with van der Waals surface area (Å²) in [6, 6.07) is 9.05. The van der Waals surface area contributed by atoms with E-state index in [1.165, 1.54) is 28.1 Å².